The topological polar surface area (TPSA) is 102 Å². The number of hydrogen-bond donors (Lipinski definition) is 2. The molecule has 0 saturated heterocycles. The number of fused-ring (bicyclic) bond motifs is 2. The number of hydrogen-bond acceptors (Lipinski definition) is 6. The van der Waals surface area contributed by atoms with Crippen molar-refractivity contribution in [2.45, 2.75) is 0 Å². The van der Waals surface area contributed by atoms with Crippen LogP contribution < -0.4 is 20.5 Å². The minimum Gasteiger partial charge on any atom is -0.497 e. The van der Waals surface area contributed by atoms with Crippen molar-refractivity contribution in [2.24, 2.45) is 5.10 Å². The third-order valence-corrected chi connectivity index (χ3v) is 5.19. The van der Waals surface area contributed by atoms with Crippen LogP contribution in [0.3, 0.4) is 0 Å². The Labute approximate surface area is 188 Å². The first-order valence-electron chi connectivity index (χ1n) is 10.2. The lowest BCUT2D eigenvalue weighted by Gasteiger charge is -2.07. The summed E-state index contributed by atoms with van der Waals surface area (Å²) >= 11 is 0. The van der Waals surface area contributed by atoms with Crippen LogP contribution in [0.25, 0.3) is 33.4 Å². The first kappa shape index (κ1) is 20.3. The molecule has 2 heterocycles. The molecule has 0 saturated carbocycles. The van der Waals surface area contributed by atoms with E-state index in [0.717, 1.165) is 16.4 Å². The number of amides is 1. The van der Waals surface area contributed by atoms with E-state index in [1.54, 1.807) is 44.6 Å². The van der Waals surface area contributed by atoms with Gasteiger partial charge in [0.25, 0.3) is 5.91 Å². The lowest BCUT2D eigenvalue weighted by atomic mass is 10.1. The van der Waals surface area contributed by atoms with Gasteiger partial charge in [0.15, 0.2) is 11.3 Å². The fraction of sp³-hybridized carbons (Fsp3) is 0.0800. The van der Waals surface area contributed by atoms with Gasteiger partial charge in [-0.1, -0.05) is 30.3 Å². The Hall–Kier alpha value is -4.59. The molecule has 2 aromatic heterocycles. The van der Waals surface area contributed by atoms with Crippen LogP contribution >= 0.6 is 0 Å². The van der Waals surface area contributed by atoms with Crippen LogP contribution in [-0.2, 0) is 0 Å². The van der Waals surface area contributed by atoms with Gasteiger partial charge in [-0.25, -0.2) is 10.4 Å². The number of imidazole rings is 1. The summed E-state index contributed by atoms with van der Waals surface area (Å²) in [5, 5.41) is 5.10. The Morgan fingerprint density at radius 1 is 1.00 bits per heavy atom. The molecule has 1 amide bonds. The van der Waals surface area contributed by atoms with Gasteiger partial charge in [0.2, 0.25) is 5.55 Å². The predicted octanol–water partition coefficient (Wildman–Crippen LogP) is 4.24. The van der Waals surface area contributed by atoms with Crippen molar-refractivity contribution in [3.05, 3.63) is 83.9 Å². The molecule has 0 unspecified atom stereocenters. The van der Waals surface area contributed by atoms with E-state index in [-0.39, 0.29) is 5.55 Å². The fourth-order valence-corrected chi connectivity index (χ4v) is 3.55. The van der Waals surface area contributed by atoms with E-state index < -0.39 is 5.91 Å². The number of H-pyrrole nitrogens is 1. The number of aromatic nitrogens is 2. The average Bonchev–Trinajstić information content (AvgIpc) is 3.30. The summed E-state index contributed by atoms with van der Waals surface area (Å²) in [6.45, 7) is 0. The first-order chi connectivity index (χ1) is 16.2. The van der Waals surface area contributed by atoms with Gasteiger partial charge >= 0.3 is 0 Å². The second kappa shape index (κ2) is 8.51. The zero-order chi connectivity index (χ0) is 22.8. The van der Waals surface area contributed by atoms with Gasteiger partial charge in [-0.15, -0.1) is 5.10 Å². The van der Waals surface area contributed by atoms with E-state index >= 15 is 0 Å². The van der Waals surface area contributed by atoms with Crippen molar-refractivity contribution < 1.29 is 18.7 Å². The van der Waals surface area contributed by atoms with Gasteiger partial charge in [0.1, 0.15) is 11.6 Å². The van der Waals surface area contributed by atoms with Gasteiger partial charge < -0.3 is 18.9 Å². The van der Waals surface area contributed by atoms with Crippen LogP contribution in [0.4, 0.5) is 0 Å². The number of para-hydroxylation sites is 3. The number of methoxy groups -OCH3 is 2. The Balaban J connectivity index is 1.64. The number of benzene rings is 3. The van der Waals surface area contributed by atoms with Crippen LogP contribution in [0.5, 0.6) is 11.5 Å². The van der Waals surface area contributed by atoms with E-state index in [1.807, 2.05) is 42.5 Å². The number of ether oxygens (including phenoxy) is 2. The number of nitrogens with one attached hydrogen (secondary N) is 2. The zero-order valence-electron chi connectivity index (χ0n) is 18.0. The summed E-state index contributed by atoms with van der Waals surface area (Å²) in [7, 11) is 3.11. The highest BCUT2D eigenvalue weighted by Gasteiger charge is 2.14. The summed E-state index contributed by atoms with van der Waals surface area (Å²) in [4.78, 5) is 20.7. The first-order valence-corrected chi connectivity index (χ1v) is 10.2. The SMILES string of the molecule is COc1cccc(C(=O)NN=c2oc3c(OC)cccc3cc2-c2nc3ccccc3[nH]2)c1. The van der Waals surface area contributed by atoms with Gasteiger partial charge in [0, 0.05) is 10.9 Å². The number of nitrogens with zero attached hydrogens (tertiary/aromatic N) is 2. The highest BCUT2D eigenvalue weighted by Crippen LogP contribution is 2.27. The average molecular weight is 440 g/mol. The number of carbonyl (C=O) groups excluding carboxylic acids is 1. The molecule has 0 spiro atoms. The monoisotopic (exact) mass is 440 g/mol. The molecule has 0 fully saturated rings. The van der Waals surface area contributed by atoms with Crippen LogP contribution in [0.15, 0.2) is 82.3 Å². The van der Waals surface area contributed by atoms with E-state index in [0.29, 0.717) is 34.0 Å². The second-order valence-corrected chi connectivity index (χ2v) is 7.23. The summed E-state index contributed by atoms with van der Waals surface area (Å²) < 4.78 is 16.7. The van der Waals surface area contributed by atoms with Gasteiger partial charge in [-0.3, -0.25) is 4.79 Å². The lowest BCUT2D eigenvalue weighted by Crippen LogP contribution is -2.22. The smallest absolute Gasteiger partial charge is 0.271 e. The molecule has 0 bridgehead atoms. The summed E-state index contributed by atoms with van der Waals surface area (Å²) in [5.74, 6) is 1.30. The molecule has 0 atom stereocenters. The van der Waals surface area contributed by atoms with Crippen molar-refractivity contribution in [3.8, 4) is 22.9 Å². The molecule has 0 aliphatic heterocycles. The van der Waals surface area contributed by atoms with Crippen LogP contribution in [0.1, 0.15) is 10.4 Å². The second-order valence-electron chi connectivity index (χ2n) is 7.23. The Kier molecular flexibility index (Phi) is 5.24. The molecule has 33 heavy (non-hydrogen) atoms. The van der Waals surface area contributed by atoms with Gasteiger partial charge in [0.05, 0.1) is 30.8 Å². The zero-order valence-corrected chi connectivity index (χ0v) is 18.0. The van der Waals surface area contributed by atoms with Crippen molar-refractivity contribution in [3.63, 3.8) is 0 Å². The maximum Gasteiger partial charge on any atom is 0.271 e. The molecule has 2 N–H and O–H groups in total. The molecule has 3 aromatic carbocycles. The third-order valence-electron chi connectivity index (χ3n) is 5.19. The van der Waals surface area contributed by atoms with Crippen LogP contribution in [0.2, 0.25) is 0 Å². The van der Waals surface area contributed by atoms with E-state index in [1.165, 1.54) is 0 Å². The molecule has 8 nitrogen and oxygen atoms in total. The Morgan fingerprint density at radius 3 is 2.67 bits per heavy atom. The standard InChI is InChI=1S/C25H20N4O4/c1-31-17-9-5-8-16(13-17)24(30)28-29-25-18(23-26-19-10-3-4-11-20(19)27-23)14-15-7-6-12-21(32-2)22(15)33-25/h3-14H,1-2H3,(H,26,27)(H,28,30). The molecule has 0 aliphatic rings. The summed E-state index contributed by atoms with van der Waals surface area (Å²) in [5.41, 5.74) is 5.95. The number of carbonyl (C=O) groups is 1. The van der Waals surface area contributed by atoms with Crippen molar-refractivity contribution in [2.75, 3.05) is 14.2 Å². The molecule has 5 aromatic rings. The normalized spacial score (nSPS) is 11.6. The van der Waals surface area contributed by atoms with Crippen LogP contribution in [0, 0.1) is 0 Å². The minimum atomic E-state index is -0.403. The predicted molar refractivity (Wildman–Crippen MR) is 124 cm³/mol. The summed E-state index contributed by atoms with van der Waals surface area (Å²) in [6.07, 6.45) is 0. The quantitative estimate of drug-likeness (QED) is 0.398. The maximum absolute atomic E-state index is 12.7. The minimum absolute atomic E-state index is 0.183. The van der Waals surface area contributed by atoms with Gasteiger partial charge in [-0.2, -0.15) is 0 Å². The summed E-state index contributed by atoms with van der Waals surface area (Å²) in [6, 6.07) is 22.0. The molecule has 164 valence electrons. The van der Waals surface area contributed by atoms with Crippen molar-refractivity contribution in [1.29, 1.82) is 0 Å². The third kappa shape index (κ3) is 3.89. The molecular formula is C25H20N4O4. The van der Waals surface area contributed by atoms with E-state index in [9.17, 15) is 4.79 Å². The largest absolute Gasteiger partial charge is 0.497 e. The van der Waals surface area contributed by atoms with Crippen molar-refractivity contribution >= 4 is 27.9 Å². The van der Waals surface area contributed by atoms with Crippen LogP contribution in [-0.4, -0.2) is 30.1 Å². The highest BCUT2D eigenvalue weighted by molar-refractivity contribution is 5.94. The van der Waals surface area contributed by atoms with E-state index in [2.05, 4.69) is 20.5 Å². The Morgan fingerprint density at radius 2 is 1.85 bits per heavy atom. The number of rotatable bonds is 5. The van der Waals surface area contributed by atoms with Crippen molar-refractivity contribution in [1.82, 2.24) is 15.4 Å². The molecular weight excluding hydrogens is 420 g/mol. The lowest BCUT2D eigenvalue weighted by molar-refractivity contribution is 0.0951. The molecule has 5 rings (SSSR count). The van der Waals surface area contributed by atoms with Gasteiger partial charge in [-0.05, 0) is 42.5 Å². The fourth-order valence-electron chi connectivity index (χ4n) is 3.55. The maximum atomic E-state index is 12.7. The molecule has 0 aliphatic carbocycles. The number of aromatic amines is 1. The highest BCUT2D eigenvalue weighted by atomic mass is 16.5. The molecule has 8 heteroatoms. The Bertz CT molecular complexity index is 1520. The van der Waals surface area contributed by atoms with E-state index in [4.69, 9.17) is 13.9 Å². The molecule has 0 radical (unpaired) electrons.